The fraction of sp³-hybridized carbons (Fsp3) is 0.757. The Bertz CT molecular complexity index is 1450. The summed E-state index contributed by atoms with van der Waals surface area (Å²) in [5.41, 5.74) is 0. The summed E-state index contributed by atoms with van der Waals surface area (Å²) in [6, 6.07) is 0. The van der Waals surface area contributed by atoms with Crippen LogP contribution >= 0.6 is 0 Å². The van der Waals surface area contributed by atoms with Crippen molar-refractivity contribution < 1.29 is 28.6 Å². The van der Waals surface area contributed by atoms with Gasteiger partial charge in [0.05, 0.1) is 0 Å². The van der Waals surface area contributed by atoms with Crippen molar-refractivity contribution in [1.82, 2.24) is 0 Å². The van der Waals surface area contributed by atoms with E-state index in [9.17, 15) is 14.4 Å². The molecule has 0 aliphatic heterocycles. The molecule has 0 amide bonds. The number of ether oxygens (including phenoxy) is 3. The van der Waals surface area contributed by atoms with Crippen molar-refractivity contribution in [2.45, 2.75) is 329 Å². The summed E-state index contributed by atoms with van der Waals surface area (Å²) in [6.45, 7) is 6.51. The summed E-state index contributed by atoms with van der Waals surface area (Å²) in [5, 5.41) is 0. The summed E-state index contributed by atoms with van der Waals surface area (Å²) in [7, 11) is 0. The molecule has 1 unspecified atom stereocenters. The van der Waals surface area contributed by atoms with Crippen molar-refractivity contribution in [2.24, 2.45) is 0 Å². The monoisotopic (exact) mass is 1060 g/mol. The Morgan fingerprint density at radius 1 is 0.276 bits per heavy atom. The second kappa shape index (κ2) is 64.1. The fourth-order valence-electron chi connectivity index (χ4n) is 9.27. The molecular weight excluding hydrogens is 937 g/mol. The molecule has 0 heterocycles. The molecule has 0 aliphatic rings. The first-order chi connectivity index (χ1) is 37.5. The molecular formula is C70H122O6. The second-order valence-electron chi connectivity index (χ2n) is 21.6. The highest BCUT2D eigenvalue weighted by Crippen LogP contribution is 2.17. The molecule has 0 rings (SSSR count). The van der Waals surface area contributed by atoms with Crippen LogP contribution < -0.4 is 0 Å². The standard InChI is InChI=1S/C70H122O6/c1-4-7-10-13-16-19-22-25-28-30-31-32-33-34-35-36-37-38-39-40-43-45-48-51-54-57-60-63-69(72)75-66-67(65-74-68(71)62-59-56-53-50-47-44-41-27-24-21-18-15-12-9-6-3)76-70(73)64-61-58-55-52-49-46-42-29-26-23-20-17-14-11-8-5-2/h9,12,18,21-22,25,27,30-31,33-34,41,47,50,67H,4-8,10-11,13-17,19-20,23-24,26,28-29,32,35-40,42-46,48-49,51-66H2,1-3H3/b12-9-,21-18-,25-22-,31-30-,34-33-,41-27-,50-47-. The van der Waals surface area contributed by atoms with Crippen LogP contribution in [0.25, 0.3) is 0 Å². The van der Waals surface area contributed by atoms with Gasteiger partial charge in [0.25, 0.3) is 0 Å². The molecule has 0 radical (unpaired) electrons. The largest absolute Gasteiger partial charge is 0.462 e. The molecule has 0 aromatic rings. The van der Waals surface area contributed by atoms with Gasteiger partial charge < -0.3 is 14.2 Å². The number of esters is 3. The van der Waals surface area contributed by atoms with Gasteiger partial charge in [-0.1, -0.05) is 292 Å². The maximum absolute atomic E-state index is 12.9. The van der Waals surface area contributed by atoms with Crippen LogP contribution in [0.5, 0.6) is 0 Å². The topological polar surface area (TPSA) is 78.9 Å². The van der Waals surface area contributed by atoms with E-state index in [1.54, 1.807) is 0 Å². The van der Waals surface area contributed by atoms with Crippen LogP contribution in [-0.2, 0) is 28.6 Å². The lowest BCUT2D eigenvalue weighted by Gasteiger charge is -2.18. The third-order valence-electron chi connectivity index (χ3n) is 14.1. The van der Waals surface area contributed by atoms with E-state index in [0.29, 0.717) is 19.3 Å². The van der Waals surface area contributed by atoms with Crippen molar-refractivity contribution in [3.8, 4) is 0 Å². The molecule has 1 atom stereocenters. The third-order valence-corrected chi connectivity index (χ3v) is 14.1. The van der Waals surface area contributed by atoms with Gasteiger partial charge >= 0.3 is 17.9 Å². The molecule has 438 valence electrons. The van der Waals surface area contributed by atoms with Crippen LogP contribution in [0, 0.1) is 0 Å². The van der Waals surface area contributed by atoms with E-state index in [0.717, 1.165) is 96.3 Å². The molecule has 6 nitrogen and oxygen atoms in total. The van der Waals surface area contributed by atoms with Gasteiger partial charge in [0.2, 0.25) is 0 Å². The number of unbranched alkanes of at least 4 members (excludes halogenated alkanes) is 34. The van der Waals surface area contributed by atoms with Crippen LogP contribution in [0.4, 0.5) is 0 Å². The lowest BCUT2D eigenvalue weighted by molar-refractivity contribution is -0.167. The smallest absolute Gasteiger partial charge is 0.306 e. The average molecular weight is 1060 g/mol. The number of carbonyl (C=O) groups is 3. The van der Waals surface area contributed by atoms with Gasteiger partial charge in [0, 0.05) is 19.3 Å². The van der Waals surface area contributed by atoms with Crippen LogP contribution in [0.2, 0.25) is 0 Å². The highest BCUT2D eigenvalue weighted by Gasteiger charge is 2.19. The second-order valence-corrected chi connectivity index (χ2v) is 21.6. The van der Waals surface area contributed by atoms with Crippen molar-refractivity contribution in [1.29, 1.82) is 0 Å². The van der Waals surface area contributed by atoms with Gasteiger partial charge in [-0.15, -0.1) is 0 Å². The minimum Gasteiger partial charge on any atom is -0.462 e. The van der Waals surface area contributed by atoms with Gasteiger partial charge in [0.1, 0.15) is 13.2 Å². The van der Waals surface area contributed by atoms with Gasteiger partial charge in [-0.2, -0.15) is 0 Å². The summed E-state index contributed by atoms with van der Waals surface area (Å²) >= 11 is 0. The van der Waals surface area contributed by atoms with Crippen molar-refractivity contribution in [3.63, 3.8) is 0 Å². The van der Waals surface area contributed by atoms with Crippen LogP contribution in [0.3, 0.4) is 0 Å². The lowest BCUT2D eigenvalue weighted by atomic mass is 10.0. The Morgan fingerprint density at radius 3 is 0.829 bits per heavy atom. The Hall–Kier alpha value is -3.41. The van der Waals surface area contributed by atoms with Crippen LogP contribution in [-0.4, -0.2) is 37.2 Å². The Balaban J connectivity index is 4.31. The van der Waals surface area contributed by atoms with E-state index in [1.165, 1.54) is 186 Å². The van der Waals surface area contributed by atoms with E-state index in [4.69, 9.17) is 14.2 Å². The minimum atomic E-state index is -0.794. The Morgan fingerprint density at radius 2 is 0.513 bits per heavy atom. The van der Waals surface area contributed by atoms with E-state index in [1.807, 2.05) is 0 Å². The summed E-state index contributed by atoms with van der Waals surface area (Å²) in [5.74, 6) is -0.919. The average Bonchev–Trinajstić information content (AvgIpc) is 3.42. The van der Waals surface area contributed by atoms with E-state index in [-0.39, 0.29) is 31.1 Å². The highest BCUT2D eigenvalue weighted by molar-refractivity contribution is 5.71. The molecule has 0 saturated heterocycles. The molecule has 76 heavy (non-hydrogen) atoms. The normalized spacial score (nSPS) is 12.6. The molecule has 0 spiro atoms. The molecule has 0 bridgehead atoms. The Kier molecular flexibility index (Phi) is 61.2. The zero-order chi connectivity index (χ0) is 55.0. The van der Waals surface area contributed by atoms with Crippen molar-refractivity contribution >= 4 is 17.9 Å². The first-order valence-electron chi connectivity index (χ1n) is 32.6. The zero-order valence-electron chi connectivity index (χ0n) is 50.3. The lowest BCUT2D eigenvalue weighted by Crippen LogP contribution is -2.30. The maximum Gasteiger partial charge on any atom is 0.306 e. The number of hydrogen-bond acceptors (Lipinski definition) is 6. The zero-order valence-corrected chi connectivity index (χ0v) is 50.3. The third kappa shape index (κ3) is 61.4. The molecule has 0 N–H and O–H groups in total. The highest BCUT2D eigenvalue weighted by atomic mass is 16.6. The molecule has 0 aromatic carbocycles. The van der Waals surface area contributed by atoms with Gasteiger partial charge in [-0.25, -0.2) is 0 Å². The van der Waals surface area contributed by atoms with E-state index >= 15 is 0 Å². The van der Waals surface area contributed by atoms with Crippen molar-refractivity contribution in [3.05, 3.63) is 85.1 Å². The molecule has 0 saturated carbocycles. The number of hydrogen-bond donors (Lipinski definition) is 0. The number of carbonyl (C=O) groups excluding carboxylic acids is 3. The van der Waals surface area contributed by atoms with E-state index < -0.39 is 6.10 Å². The summed E-state index contributed by atoms with van der Waals surface area (Å²) in [4.78, 5) is 38.3. The Labute approximate surface area is 471 Å². The van der Waals surface area contributed by atoms with Gasteiger partial charge in [0.15, 0.2) is 6.10 Å². The SMILES string of the molecule is CC/C=C\C/C=C\C/C=C\C/C=C\CCCCC(=O)OCC(COC(=O)CCCCCCCCCCCCCC/C=C\C/C=C\C/C=C\CCCCCCC)OC(=O)CCCCCCCCCCCCCCCCCC. The maximum atomic E-state index is 12.9. The predicted molar refractivity (Wildman–Crippen MR) is 330 cm³/mol. The molecule has 6 heteroatoms. The van der Waals surface area contributed by atoms with Gasteiger partial charge in [-0.3, -0.25) is 14.4 Å². The fourth-order valence-corrected chi connectivity index (χ4v) is 9.27. The first kappa shape index (κ1) is 72.6. The summed E-state index contributed by atoms with van der Waals surface area (Å²) in [6.07, 6.45) is 84.5. The van der Waals surface area contributed by atoms with Gasteiger partial charge in [-0.05, 0) is 96.3 Å². The van der Waals surface area contributed by atoms with E-state index in [2.05, 4.69) is 106 Å². The van der Waals surface area contributed by atoms with Crippen LogP contribution in [0.1, 0.15) is 323 Å². The molecule has 0 aromatic heterocycles. The first-order valence-corrected chi connectivity index (χ1v) is 32.6. The molecule has 0 fully saturated rings. The predicted octanol–water partition coefficient (Wildman–Crippen LogP) is 22.3. The number of allylic oxidation sites excluding steroid dienone is 14. The quantitative estimate of drug-likeness (QED) is 0.0261. The number of rotatable bonds is 59. The van der Waals surface area contributed by atoms with Crippen molar-refractivity contribution in [2.75, 3.05) is 13.2 Å². The molecule has 0 aliphatic carbocycles. The minimum absolute atomic E-state index is 0.0880. The van der Waals surface area contributed by atoms with Crippen LogP contribution in [0.15, 0.2) is 85.1 Å². The summed E-state index contributed by atoms with van der Waals surface area (Å²) < 4.78 is 16.9.